The molecule has 96 valence electrons. The summed E-state index contributed by atoms with van der Waals surface area (Å²) in [5.74, 6) is 0. The summed E-state index contributed by atoms with van der Waals surface area (Å²) < 4.78 is 24.6. The highest BCUT2D eigenvalue weighted by Gasteiger charge is 2.10. The van der Waals surface area contributed by atoms with E-state index in [2.05, 4.69) is 28.1 Å². The van der Waals surface area contributed by atoms with Gasteiger partial charge in [0.15, 0.2) is 0 Å². The summed E-state index contributed by atoms with van der Waals surface area (Å²) in [6.45, 7) is 1.28. The fourth-order valence-corrected chi connectivity index (χ4v) is 2.26. The number of aryl methyl sites for hydroxylation is 1. The van der Waals surface area contributed by atoms with E-state index in [1.807, 2.05) is 23.1 Å². The van der Waals surface area contributed by atoms with Crippen LogP contribution in [0.1, 0.15) is 12.0 Å². The number of nitrogens with zero attached hydrogens (tertiary/aromatic N) is 1. The monoisotopic (exact) mass is 305 g/mol. The molecule has 0 fully saturated rings. The van der Waals surface area contributed by atoms with Crippen LogP contribution in [0.4, 0.5) is 8.78 Å². The molecule has 0 radical (unpaired) electrons. The van der Waals surface area contributed by atoms with Crippen LogP contribution in [0.3, 0.4) is 0 Å². The van der Waals surface area contributed by atoms with Crippen LogP contribution in [0.2, 0.25) is 0 Å². The van der Waals surface area contributed by atoms with Gasteiger partial charge in [-0.25, -0.2) is 8.78 Å². The van der Waals surface area contributed by atoms with Crippen molar-refractivity contribution < 1.29 is 8.78 Å². The summed E-state index contributed by atoms with van der Waals surface area (Å²) in [4.78, 5) is 1.81. The smallest absolute Gasteiger partial charge is 0.251 e. The Hall–Kier alpha value is -0.480. The Labute approximate surface area is 110 Å². The third-order valence-corrected chi connectivity index (χ3v) is 2.93. The number of halogens is 3. The molecule has 0 spiro atoms. The van der Waals surface area contributed by atoms with E-state index >= 15 is 0 Å². The standard InChI is InChI=1S/C13H18BrF2N/c14-8-10-17(11-13(15)16)9-4-7-12-5-2-1-3-6-12/h1-3,5-6,13H,4,7-11H2. The molecular formula is C13H18BrF2N. The van der Waals surface area contributed by atoms with Crippen LogP contribution in [-0.4, -0.2) is 36.3 Å². The first-order valence-electron chi connectivity index (χ1n) is 5.82. The third-order valence-electron chi connectivity index (χ3n) is 2.58. The lowest BCUT2D eigenvalue weighted by molar-refractivity contribution is 0.0909. The highest BCUT2D eigenvalue weighted by Crippen LogP contribution is 2.05. The van der Waals surface area contributed by atoms with E-state index in [0.717, 1.165) is 24.7 Å². The molecule has 0 aliphatic carbocycles. The van der Waals surface area contributed by atoms with E-state index in [0.29, 0.717) is 6.54 Å². The first-order valence-corrected chi connectivity index (χ1v) is 6.95. The van der Waals surface area contributed by atoms with E-state index in [1.165, 1.54) is 5.56 Å². The number of alkyl halides is 3. The summed E-state index contributed by atoms with van der Waals surface area (Å²) in [5, 5.41) is 0.741. The van der Waals surface area contributed by atoms with Crippen molar-refractivity contribution in [2.24, 2.45) is 0 Å². The molecule has 0 aliphatic rings. The third kappa shape index (κ3) is 6.74. The summed E-state index contributed by atoms with van der Waals surface area (Å²) in [6.07, 6.45) is -0.377. The van der Waals surface area contributed by atoms with Gasteiger partial charge >= 0.3 is 0 Å². The fraction of sp³-hybridized carbons (Fsp3) is 0.538. The Kier molecular flexibility index (Phi) is 7.37. The Morgan fingerprint density at radius 3 is 2.41 bits per heavy atom. The minimum Gasteiger partial charge on any atom is -0.297 e. The van der Waals surface area contributed by atoms with Gasteiger partial charge in [-0.1, -0.05) is 46.3 Å². The van der Waals surface area contributed by atoms with Crippen molar-refractivity contribution >= 4 is 15.9 Å². The maximum absolute atomic E-state index is 12.3. The van der Waals surface area contributed by atoms with Gasteiger partial charge < -0.3 is 0 Å². The number of rotatable bonds is 8. The maximum atomic E-state index is 12.3. The van der Waals surface area contributed by atoms with E-state index in [9.17, 15) is 8.78 Å². The van der Waals surface area contributed by atoms with Crippen LogP contribution in [-0.2, 0) is 6.42 Å². The summed E-state index contributed by atoms with van der Waals surface area (Å²) in [7, 11) is 0. The molecule has 0 saturated heterocycles. The zero-order valence-electron chi connectivity index (χ0n) is 9.79. The van der Waals surface area contributed by atoms with Gasteiger partial charge in [-0.3, -0.25) is 4.90 Å². The molecule has 0 heterocycles. The average molecular weight is 306 g/mol. The second-order valence-corrected chi connectivity index (χ2v) is 4.76. The van der Waals surface area contributed by atoms with E-state index < -0.39 is 6.43 Å². The van der Waals surface area contributed by atoms with Crippen LogP contribution in [0.5, 0.6) is 0 Å². The number of hydrogen-bond donors (Lipinski definition) is 0. The Morgan fingerprint density at radius 1 is 1.12 bits per heavy atom. The topological polar surface area (TPSA) is 3.24 Å². The molecule has 1 rings (SSSR count). The molecule has 4 heteroatoms. The Bertz CT molecular complexity index is 293. The van der Waals surface area contributed by atoms with Gasteiger partial charge in [0.1, 0.15) is 0 Å². The summed E-state index contributed by atoms with van der Waals surface area (Å²) in [5.41, 5.74) is 1.27. The largest absolute Gasteiger partial charge is 0.297 e. The molecule has 17 heavy (non-hydrogen) atoms. The molecule has 1 nitrogen and oxygen atoms in total. The number of benzene rings is 1. The van der Waals surface area contributed by atoms with Crippen molar-refractivity contribution in [2.45, 2.75) is 19.3 Å². The minimum absolute atomic E-state index is 0.125. The highest BCUT2D eigenvalue weighted by molar-refractivity contribution is 9.09. The summed E-state index contributed by atoms with van der Waals surface area (Å²) in [6, 6.07) is 10.1. The molecule has 0 aliphatic heterocycles. The van der Waals surface area contributed by atoms with Crippen molar-refractivity contribution in [3.63, 3.8) is 0 Å². The van der Waals surface area contributed by atoms with Crippen LogP contribution in [0, 0.1) is 0 Å². The van der Waals surface area contributed by atoms with Gasteiger partial charge in [-0.2, -0.15) is 0 Å². The van der Waals surface area contributed by atoms with Crippen LogP contribution in [0.15, 0.2) is 30.3 Å². The second kappa shape index (κ2) is 8.59. The van der Waals surface area contributed by atoms with E-state index in [4.69, 9.17) is 0 Å². The van der Waals surface area contributed by atoms with Crippen LogP contribution >= 0.6 is 15.9 Å². The lowest BCUT2D eigenvalue weighted by atomic mass is 10.1. The van der Waals surface area contributed by atoms with Crippen molar-refractivity contribution in [2.75, 3.05) is 25.0 Å². The maximum Gasteiger partial charge on any atom is 0.251 e. The fourth-order valence-electron chi connectivity index (χ4n) is 1.76. The van der Waals surface area contributed by atoms with Gasteiger partial charge in [0.25, 0.3) is 6.43 Å². The first kappa shape index (κ1) is 14.6. The average Bonchev–Trinajstić information content (AvgIpc) is 2.30. The van der Waals surface area contributed by atoms with Gasteiger partial charge in [0.05, 0.1) is 6.54 Å². The van der Waals surface area contributed by atoms with Crippen molar-refractivity contribution in [1.29, 1.82) is 0 Å². The molecular weight excluding hydrogens is 288 g/mol. The zero-order chi connectivity index (χ0) is 12.5. The Balaban J connectivity index is 2.26. The predicted octanol–water partition coefficient (Wildman–Crippen LogP) is 3.58. The molecule has 0 unspecified atom stereocenters. The first-order chi connectivity index (χ1) is 8.22. The van der Waals surface area contributed by atoms with E-state index in [-0.39, 0.29) is 6.54 Å². The normalized spacial score (nSPS) is 11.4. The van der Waals surface area contributed by atoms with E-state index in [1.54, 1.807) is 0 Å². The van der Waals surface area contributed by atoms with Crippen molar-refractivity contribution in [3.05, 3.63) is 35.9 Å². The zero-order valence-corrected chi connectivity index (χ0v) is 11.4. The molecule has 0 N–H and O–H groups in total. The highest BCUT2D eigenvalue weighted by atomic mass is 79.9. The van der Waals surface area contributed by atoms with Crippen molar-refractivity contribution in [3.8, 4) is 0 Å². The van der Waals surface area contributed by atoms with Crippen LogP contribution in [0.25, 0.3) is 0 Å². The quantitative estimate of drug-likeness (QED) is 0.664. The molecule has 1 aromatic carbocycles. The van der Waals surface area contributed by atoms with Gasteiger partial charge in [0, 0.05) is 11.9 Å². The molecule has 0 amide bonds. The molecule has 1 aromatic rings. The van der Waals surface area contributed by atoms with Crippen LogP contribution < -0.4 is 0 Å². The van der Waals surface area contributed by atoms with Gasteiger partial charge in [0.2, 0.25) is 0 Å². The van der Waals surface area contributed by atoms with Gasteiger partial charge in [-0.15, -0.1) is 0 Å². The Morgan fingerprint density at radius 2 is 1.82 bits per heavy atom. The predicted molar refractivity (Wildman–Crippen MR) is 71.0 cm³/mol. The van der Waals surface area contributed by atoms with Crippen molar-refractivity contribution in [1.82, 2.24) is 4.90 Å². The molecule has 0 aromatic heterocycles. The molecule has 0 saturated carbocycles. The second-order valence-electron chi connectivity index (χ2n) is 3.97. The lowest BCUT2D eigenvalue weighted by Gasteiger charge is -2.20. The summed E-state index contributed by atoms with van der Waals surface area (Å²) >= 11 is 3.29. The van der Waals surface area contributed by atoms with Gasteiger partial charge in [-0.05, 0) is 24.9 Å². The molecule has 0 atom stereocenters. The SMILES string of the molecule is FC(F)CN(CCBr)CCCc1ccccc1. The number of hydrogen-bond acceptors (Lipinski definition) is 1. The lowest BCUT2D eigenvalue weighted by Crippen LogP contribution is -2.31. The molecule has 0 bridgehead atoms. The minimum atomic E-state index is -2.24.